The van der Waals surface area contributed by atoms with Gasteiger partial charge in [-0.2, -0.15) is 0 Å². The summed E-state index contributed by atoms with van der Waals surface area (Å²) in [6.45, 7) is 3.55. The summed E-state index contributed by atoms with van der Waals surface area (Å²) in [6, 6.07) is 8.00. The molecule has 0 bridgehead atoms. The predicted molar refractivity (Wildman–Crippen MR) is 98.4 cm³/mol. The molecule has 0 aromatic carbocycles. The second kappa shape index (κ2) is 7.71. The van der Waals surface area contributed by atoms with Crippen LogP contribution in [-0.2, 0) is 11.2 Å². The lowest BCUT2D eigenvalue weighted by Crippen LogP contribution is -2.37. The number of carbonyl (C=O) groups is 1. The molecule has 1 amide bonds. The summed E-state index contributed by atoms with van der Waals surface area (Å²) in [5.74, 6) is 0.169. The summed E-state index contributed by atoms with van der Waals surface area (Å²) in [6.07, 6.45) is 7.88. The van der Waals surface area contributed by atoms with Gasteiger partial charge in [0.15, 0.2) is 0 Å². The van der Waals surface area contributed by atoms with Crippen LogP contribution in [0.5, 0.6) is 0 Å². The number of nitrogens with zero attached hydrogens (tertiary/aromatic N) is 3. The number of hydrogen-bond donors (Lipinski definition) is 0. The van der Waals surface area contributed by atoms with Crippen molar-refractivity contribution in [2.24, 2.45) is 0 Å². The highest BCUT2D eigenvalue weighted by atomic mass is 79.9. The maximum absolute atomic E-state index is 12.4. The Morgan fingerprint density at radius 1 is 1.29 bits per heavy atom. The average Bonchev–Trinajstić information content (AvgIpc) is 2.55. The monoisotopic (exact) mass is 385 g/mol. The third-order valence-corrected chi connectivity index (χ3v) is 4.57. The van der Waals surface area contributed by atoms with E-state index in [1.165, 1.54) is 5.57 Å². The van der Waals surface area contributed by atoms with Crippen LogP contribution in [0.3, 0.4) is 0 Å². The maximum atomic E-state index is 12.4. The predicted octanol–water partition coefficient (Wildman–Crippen LogP) is 3.80. The van der Waals surface area contributed by atoms with E-state index in [0.717, 1.165) is 47.4 Å². The van der Waals surface area contributed by atoms with Crippen LogP contribution in [0, 0.1) is 6.92 Å². The fourth-order valence-corrected chi connectivity index (χ4v) is 3.29. The van der Waals surface area contributed by atoms with E-state index in [4.69, 9.17) is 0 Å². The summed E-state index contributed by atoms with van der Waals surface area (Å²) in [7, 11) is 0. The molecule has 5 heteroatoms. The highest BCUT2D eigenvalue weighted by molar-refractivity contribution is 9.10. The van der Waals surface area contributed by atoms with Crippen molar-refractivity contribution in [2.75, 3.05) is 13.1 Å². The Labute approximate surface area is 150 Å². The molecule has 1 aliphatic heterocycles. The topological polar surface area (TPSA) is 46.1 Å². The van der Waals surface area contributed by atoms with Crippen molar-refractivity contribution in [3.8, 4) is 0 Å². The van der Waals surface area contributed by atoms with Crippen LogP contribution in [0.15, 0.2) is 46.7 Å². The van der Waals surface area contributed by atoms with Gasteiger partial charge in [-0.3, -0.25) is 14.8 Å². The summed E-state index contributed by atoms with van der Waals surface area (Å²) in [4.78, 5) is 23.0. The Morgan fingerprint density at radius 3 is 2.79 bits per heavy atom. The zero-order chi connectivity index (χ0) is 16.9. The number of halogens is 1. The molecule has 2 aromatic rings. The lowest BCUT2D eigenvalue weighted by molar-refractivity contribution is -0.130. The summed E-state index contributed by atoms with van der Waals surface area (Å²) in [5.41, 5.74) is 4.34. The first-order valence-corrected chi connectivity index (χ1v) is 8.90. The van der Waals surface area contributed by atoms with Crippen molar-refractivity contribution < 1.29 is 4.79 Å². The third kappa shape index (κ3) is 4.51. The van der Waals surface area contributed by atoms with E-state index < -0.39 is 0 Å². The van der Waals surface area contributed by atoms with Gasteiger partial charge >= 0.3 is 0 Å². The molecule has 1 saturated heterocycles. The minimum Gasteiger partial charge on any atom is -0.342 e. The van der Waals surface area contributed by atoms with Crippen molar-refractivity contribution in [3.63, 3.8) is 0 Å². The Morgan fingerprint density at radius 2 is 2.08 bits per heavy atom. The standard InChI is InChI=1S/C19H20BrN3O/c1-14-3-2-4-18(22-14)10-15-5-7-23(8-6-15)19(24)11-16-9-17(20)13-21-12-16/h2-4,9-10,12-13H,5-8,11H2,1H3. The number of hydrogen-bond acceptors (Lipinski definition) is 3. The van der Waals surface area contributed by atoms with E-state index in [1.807, 2.05) is 36.1 Å². The normalized spacial score (nSPS) is 14.6. The van der Waals surface area contributed by atoms with E-state index in [9.17, 15) is 4.79 Å². The van der Waals surface area contributed by atoms with Gasteiger partial charge in [0.25, 0.3) is 0 Å². The molecule has 0 spiro atoms. The van der Waals surface area contributed by atoms with Crippen molar-refractivity contribution in [3.05, 3.63) is 63.7 Å². The lowest BCUT2D eigenvalue weighted by atomic mass is 10.0. The summed E-state index contributed by atoms with van der Waals surface area (Å²) >= 11 is 3.39. The molecule has 0 unspecified atom stereocenters. The highest BCUT2D eigenvalue weighted by Gasteiger charge is 2.19. The number of aryl methyl sites for hydroxylation is 1. The zero-order valence-electron chi connectivity index (χ0n) is 13.7. The fraction of sp³-hybridized carbons (Fsp3) is 0.316. The van der Waals surface area contributed by atoms with Crippen molar-refractivity contribution in [1.82, 2.24) is 14.9 Å². The van der Waals surface area contributed by atoms with Gasteiger partial charge in [-0.05, 0) is 65.5 Å². The first kappa shape index (κ1) is 16.8. The molecule has 0 aliphatic carbocycles. The Bertz CT molecular complexity index is 763. The van der Waals surface area contributed by atoms with Crippen LogP contribution in [0.2, 0.25) is 0 Å². The lowest BCUT2D eigenvalue weighted by Gasteiger charge is -2.28. The molecule has 4 nitrogen and oxygen atoms in total. The maximum Gasteiger partial charge on any atom is 0.227 e. The SMILES string of the molecule is Cc1cccc(C=C2CCN(C(=O)Cc3cncc(Br)c3)CC2)n1. The van der Waals surface area contributed by atoms with Crippen LogP contribution in [0.4, 0.5) is 0 Å². The van der Waals surface area contributed by atoms with E-state index in [-0.39, 0.29) is 5.91 Å². The van der Waals surface area contributed by atoms with Gasteiger partial charge in [-0.25, -0.2) is 0 Å². The van der Waals surface area contributed by atoms with Gasteiger partial charge in [-0.15, -0.1) is 0 Å². The van der Waals surface area contributed by atoms with E-state index in [0.29, 0.717) is 6.42 Å². The Balaban J connectivity index is 1.57. The first-order valence-electron chi connectivity index (χ1n) is 8.10. The van der Waals surface area contributed by atoms with Crippen LogP contribution >= 0.6 is 15.9 Å². The first-order chi connectivity index (χ1) is 11.6. The van der Waals surface area contributed by atoms with Crippen LogP contribution in [-0.4, -0.2) is 33.9 Å². The minimum atomic E-state index is 0.169. The van der Waals surface area contributed by atoms with Gasteiger partial charge in [0.1, 0.15) is 0 Å². The number of carbonyl (C=O) groups excluding carboxylic acids is 1. The molecular weight excluding hydrogens is 366 g/mol. The quantitative estimate of drug-likeness (QED) is 0.806. The van der Waals surface area contributed by atoms with Crippen molar-refractivity contribution in [1.29, 1.82) is 0 Å². The second-order valence-electron chi connectivity index (χ2n) is 6.08. The second-order valence-corrected chi connectivity index (χ2v) is 6.99. The number of amides is 1. The molecule has 1 aliphatic rings. The van der Waals surface area contributed by atoms with E-state index in [1.54, 1.807) is 12.4 Å². The van der Waals surface area contributed by atoms with Gasteiger partial charge in [0.05, 0.1) is 12.1 Å². The van der Waals surface area contributed by atoms with Gasteiger partial charge < -0.3 is 4.90 Å². The van der Waals surface area contributed by atoms with Gasteiger partial charge in [-0.1, -0.05) is 11.6 Å². The van der Waals surface area contributed by atoms with E-state index in [2.05, 4.69) is 32.0 Å². The Hall–Kier alpha value is -2.01. The van der Waals surface area contributed by atoms with Crippen LogP contribution < -0.4 is 0 Å². The molecule has 124 valence electrons. The number of rotatable bonds is 3. The molecule has 1 fully saturated rings. The number of pyridine rings is 2. The fourth-order valence-electron chi connectivity index (χ4n) is 2.88. The van der Waals surface area contributed by atoms with Crippen LogP contribution in [0.25, 0.3) is 6.08 Å². The molecule has 0 radical (unpaired) electrons. The number of aromatic nitrogens is 2. The summed E-state index contributed by atoms with van der Waals surface area (Å²) in [5, 5.41) is 0. The smallest absolute Gasteiger partial charge is 0.227 e. The largest absolute Gasteiger partial charge is 0.342 e. The molecule has 0 atom stereocenters. The molecule has 3 heterocycles. The Kier molecular flexibility index (Phi) is 5.41. The molecule has 0 saturated carbocycles. The summed E-state index contributed by atoms with van der Waals surface area (Å²) < 4.78 is 0.905. The molecule has 2 aromatic heterocycles. The van der Waals surface area contributed by atoms with Gasteiger partial charge in [0, 0.05) is 35.6 Å². The van der Waals surface area contributed by atoms with E-state index >= 15 is 0 Å². The van der Waals surface area contributed by atoms with Crippen molar-refractivity contribution in [2.45, 2.75) is 26.2 Å². The number of likely N-dealkylation sites (tertiary alicyclic amines) is 1. The molecular formula is C19H20BrN3O. The molecule has 24 heavy (non-hydrogen) atoms. The van der Waals surface area contributed by atoms with Crippen LogP contribution in [0.1, 0.15) is 29.8 Å². The average molecular weight is 386 g/mol. The molecule has 0 N–H and O–H groups in total. The zero-order valence-corrected chi connectivity index (χ0v) is 15.3. The highest BCUT2D eigenvalue weighted by Crippen LogP contribution is 2.20. The third-order valence-electron chi connectivity index (χ3n) is 4.14. The number of piperidine rings is 1. The minimum absolute atomic E-state index is 0.169. The van der Waals surface area contributed by atoms with Gasteiger partial charge in [0.2, 0.25) is 5.91 Å². The van der Waals surface area contributed by atoms with Crippen molar-refractivity contribution >= 4 is 27.9 Å². The molecule has 3 rings (SSSR count).